The molecule has 0 aliphatic heterocycles. The summed E-state index contributed by atoms with van der Waals surface area (Å²) in [5, 5.41) is 9.90. The Labute approximate surface area is 186 Å². The Morgan fingerprint density at radius 2 is 1.28 bits per heavy atom. The van der Waals surface area contributed by atoms with Crippen LogP contribution in [-0.4, -0.2) is 28.8 Å². The lowest BCUT2D eigenvalue weighted by molar-refractivity contribution is 0.0562. The highest BCUT2D eigenvalue weighted by Gasteiger charge is 2.30. The first-order valence-corrected chi connectivity index (χ1v) is 11.7. The average Bonchev–Trinajstić information content (AvgIpc) is 2.61. The predicted molar refractivity (Wildman–Crippen MR) is 137 cm³/mol. The molecule has 7 N–H and O–H groups in total. The number of aliphatic hydroxyl groups is 1. The smallest absolute Gasteiger partial charge is 0.0585 e. The second kappa shape index (κ2) is 32.3. The zero-order valence-electron chi connectivity index (χ0n) is 22.4. The summed E-state index contributed by atoms with van der Waals surface area (Å²) in [6.07, 6.45) is 6.77. The zero-order valence-corrected chi connectivity index (χ0v) is 22.4. The maximum atomic E-state index is 9.90. The van der Waals surface area contributed by atoms with Crippen molar-refractivity contribution in [2.45, 2.75) is 127 Å². The molecule has 4 nitrogen and oxygen atoms in total. The third kappa shape index (κ3) is 38.8. The molecule has 0 rings (SSSR count). The molecular weight excluding hydrogens is 360 g/mol. The fourth-order valence-electron chi connectivity index (χ4n) is 2.14. The molecule has 0 fully saturated rings. The van der Waals surface area contributed by atoms with Crippen LogP contribution in [0.1, 0.15) is 115 Å². The van der Waals surface area contributed by atoms with Gasteiger partial charge in [0, 0.05) is 11.5 Å². The molecule has 0 aromatic rings. The standard InChI is InChI=1S/C11H25NO.C6H15N.C3H8.C3H6.C2H6.H2O/c1-5-7-9(11(3,4)12)10(13)8-6-2;1-5(2)6(3)4-7;2*1-3-2;1-2;/h9-10,13H,5-8,12H2,1-4H3;5-6H,4,7H2,1-3H3;3H2,1-2H3;3H,1H2,2H3;1-2H3;1H2. The van der Waals surface area contributed by atoms with Gasteiger partial charge in [0.15, 0.2) is 0 Å². The summed E-state index contributed by atoms with van der Waals surface area (Å²) in [6.45, 7) is 29.1. The van der Waals surface area contributed by atoms with Crippen LogP contribution in [0.5, 0.6) is 0 Å². The number of hydrogen-bond acceptors (Lipinski definition) is 3. The summed E-state index contributed by atoms with van der Waals surface area (Å²) in [4.78, 5) is 0. The van der Waals surface area contributed by atoms with E-state index < -0.39 is 0 Å². The van der Waals surface area contributed by atoms with Crippen molar-refractivity contribution in [3.8, 4) is 0 Å². The van der Waals surface area contributed by atoms with E-state index in [0.717, 1.165) is 38.1 Å². The molecule has 4 heteroatoms. The first-order chi connectivity index (χ1) is 12.9. The van der Waals surface area contributed by atoms with E-state index in [1.54, 1.807) is 6.08 Å². The van der Waals surface area contributed by atoms with Crippen molar-refractivity contribution >= 4 is 0 Å². The molecule has 0 aromatic heterocycles. The molecule has 0 bridgehead atoms. The van der Waals surface area contributed by atoms with Gasteiger partial charge in [-0.25, -0.2) is 0 Å². The summed E-state index contributed by atoms with van der Waals surface area (Å²) in [7, 11) is 0. The van der Waals surface area contributed by atoms with Crippen molar-refractivity contribution in [3.63, 3.8) is 0 Å². The molecule has 0 aliphatic rings. The van der Waals surface area contributed by atoms with Crippen LogP contribution >= 0.6 is 0 Å². The molecule has 3 unspecified atom stereocenters. The minimum Gasteiger partial charge on any atom is -0.412 e. The Morgan fingerprint density at radius 1 is 0.966 bits per heavy atom. The van der Waals surface area contributed by atoms with E-state index in [4.69, 9.17) is 11.5 Å². The molecule has 29 heavy (non-hydrogen) atoms. The maximum absolute atomic E-state index is 9.90. The highest BCUT2D eigenvalue weighted by Crippen LogP contribution is 2.25. The largest absolute Gasteiger partial charge is 0.412 e. The van der Waals surface area contributed by atoms with Gasteiger partial charge in [0.1, 0.15) is 0 Å². The molecule has 0 radical (unpaired) electrons. The SMILES string of the molecule is C=CC.CC.CC(C)C(C)CN.CCC.CCCC(O)C(CCC)C(C)(C)N.O. The Balaban J connectivity index is -0.0000000698. The van der Waals surface area contributed by atoms with Gasteiger partial charge in [-0.05, 0) is 52.0 Å². The first kappa shape index (κ1) is 42.6. The Morgan fingerprint density at radius 3 is 1.41 bits per heavy atom. The van der Waals surface area contributed by atoms with E-state index in [2.05, 4.69) is 55.0 Å². The van der Waals surface area contributed by atoms with Crippen LogP contribution in [0.4, 0.5) is 0 Å². The van der Waals surface area contributed by atoms with Gasteiger partial charge >= 0.3 is 0 Å². The second-order valence-corrected chi connectivity index (χ2v) is 8.14. The number of hydrogen-bond donors (Lipinski definition) is 3. The molecule has 3 atom stereocenters. The average molecular weight is 423 g/mol. The molecule has 0 heterocycles. The van der Waals surface area contributed by atoms with Gasteiger partial charge in [0.25, 0.3) is 0 Å². The van der Waals surface area contributed by atoms with Crippen molar-refractivity contribution in [1.29, 1.82) is 0 Å². The van der Waals surface area contributed by atoms with Crippen LogP contribution in [0, 0.1) is 17.8 Å². The molecular formula is C25H62N2O2. The van der Waals surface area contributed by atoms with Gasteiger partial charge in [-0.15, -0.1) is 6.58 Å². The molecule has 0 saturated carbocycles. The van der Waals surface area contributed by atoms with Gasteiger partial charge in [-0.1, -0.05) is 87.7 Å². The first-order valence-electron chi connectivity index (χ1n) is 11.7. The maximum Gasteiger partial charge on any atom is 0.0585 e. The van der Waals surface area contributed by atoms with E-state index in [1.807, 2.05) is 34.6 Å². The lowest BCUT2D eigenvalue weighted by atomic mass is 9.79. The van der Waals surface area contributed by atoms with Crippen LogP contribution < -0.4 is 11.5 Å². The minimum absolute atomic E-state index is 0. The predicted octanol–water partition coefficient (Wildman–Crippen LogP) is 6.35. The lowest BCUT2D eigenvalue weighted by Gasteiger charge is -2.34. The monoisotopic (exact) mass is 422 g/mol. The van der Waals surface area contributed by atoms with Crippen molar-refractivity contribution in [3.05, 3.63) is 12.7 Å². The van der Waals surface area contributed by atoms with Gasteiger partial charge in [-0.3, -0.25) is 0 Å². The van der Waals surface area contributed by atoms with E-state index in [1.165, 1.54) is 6.42 Å². The van der Waals surface area contributed by atoms with Gasteiger partial charge in [-0.2, -0.15) is 0 Å². The van der Waals surface area contributed by atoms with E-state index in [0.29, 0.717) is 5.92 Å². The van der Waals surface area contributed by atoms with Crippen LogP contribution in [0.25, 0.3) is 0 Å². The molecule has 0 saturated heterocycles. The number of nitrogens with two attached hydrogens (primary N) is 2. The Hall–Kier alpha value is -0.420. The van der Waals surface area contributed by atoms with Gasteiger partial charge in [0.2, 0.25) is 0 Å². The summed E-state index contributed by atoms with van der Waals surface area (Å²) in [5.41, 5.74) is 11.2. The third-order valence-corrected chi connectivity index (χ3v) is 4.11. The lowest BCUT2D eigenvalue weighted by Crippen LogP contribution is -2.46. The third-order valence-electron chi connectivity index (χ3n) is 4.11. The van der Waals surface area contributed by atoms with E-state index in [-0.39, 0.29) is 23.0 Å². The molecule has 0 aromatic carbocycles. The topological polar surface area (TPSA) is 104 Å². The van der Waals surface area contributed by atoms with Gasteiger partial charge < -0.3 is 22.1 Å². The highest BCUT2D eigenvalue weighted by atomic mass is 16.3. The summed E-state index contributed by atoms with van der Waals surface area (Å²) < 4.78 is 0. The normalized spacial score (nSPS) is 12.6. The second-order valence-electron chi connectivity index (χ2n) is 8.14. The number of rotatable bonds is 8. The van der Waals surface area contributed by atoms with E-state index in [9.17, 15) is 5.11 Å². The van der Waals surface area contributed by atoms with Gasteiger partial charge in [0.05, 0.1) is 6.10 Å². The Kier molecular flexibility index (Phi) is 47.4. The summed E-state index contributed by atoms with van der Waals surface area (Å²) in [5.74, 6) is 1.66. The van der Waals surface area contributed by atoms with Crippen molar-refractivity contribution in [2.24, 2.45) is 29.2 Å². The van der Waals surface area contributed by atoms with E-state index >= 15 is 0 Å². The minimum atomic E-state index is -0.259. The fourth-order valence-corrected chi connectivity index (χ4v) is 2.14. The molecule has 0 amide bonds. The quantitative estimate of drug-likeness (QED) is 0.397. The van der Waals surface area contributed by atoms with Crippen LogP contribution in [0.2, 0.25) is 0 Å². The highest BCUT2D eigenvalue weighted by molar-refractivity contribution is 4.86. The number of aliphatic hydroxyl groups excluding tert-OH is 1. The number of allylic oxidation sites excluding steroid dienone is 1. The molecule has 0 aliphatic carbocycles. The Bertz CT molecular complexity index is 264. The summed E-state index contributed by atoms with van der Waals surface area (Å²) in [6, 6.07) is 0. The molecule has 0 spiro atoms. The van der Waals surface area contributed by atoms with Crippen molar-refractivity contribution < 1.29 is 10.6 Å². The van der Waals surface area contributed by atoms with Crippen LogP contribution in [0.15, 0.2) is 12.7 Å². The fraction of sp³-hybridized carbons (Fsp3) is 0.920. The van der Waals surface area contributed by atoms with Crippen LogP contribution in [-0.2, 0) is 0 Å². The van der Waals surface area contributed by atoms with Crippen molar-refractivity contribution in [1.82, 2.24) is 0 Å². The van der Waals surface area contributed by atoms with Crippen molar-refractivity contribution in [2.75, 3.05) is 6.54 Å². The van der Waals surface area contributed by atoms with Crippen LogP contribution in [0.3, 0.4) is 0 Å². The molecule has 184 valence electrons. The summed E-state index contributed by atoms with van der Waals surface area (Å²) >= 11 is 0. The zero-order chi connectivity index (χ0) is 23.8.